The van der Waals surface area contributed by atoms with Gasteiger partial charge in [0.1, 0.15) is 0 Å². The molecule has 1 aliphatic heterocycles. The van der Waals surface area contributed by atoms with Gasteiger partial charge in [-0.05, 0) is 13.0 Å². The highest BCUT2D eigenvalue weighted by Gasteiger charge is 2.17. The highest BCUT2D eigenvalue weighted by molar-refractivity contribution is 4.79. The Morgan fingerprint density at radius 1 is 1.62 bits per heavy atom. The first kappa shape index (κ1) is 6.01. The molecule has 0 aromatic rings. The SMILES string of the molecule is NC1CCNC[C@@H]1O. The van der Waals surface area contributed by atoms with Crippen LogP contribution in [-0.4, -0.2) is 30.3 Å². The normalized spacial score (nSPS) is 39.8. The van der Waals surface area contributed by atoms with Crippen LogP contribution in [0.4, 0.5) is 0 Å². The summed E-state index contributed by atoms with van der Waals surface area (Å²) >= 11 is 0. The standard InChI is InChI=1S/C5H12N2O/c6-4-1-2-7-3-5(4)8/h4-5,7-8H,1-3,6H2/t4?,5-/m0/s1. The molecule has 2 atom stereocenters. The van der Waals surface area contributed by atoms with Gasteiger partial charge in [0.15, 0.2) is 0 Å². The summed E-state index contributed by atoms with van der Waals surface area (Å²) in [7, 11) is 0. The van der Waals surface area contributed by atoms with Crippen LogP contribution >= 0.6 is 0 Å². The third-order valence-electron chi connectivity index (χ3n) is 1.50. The van der Waals surface area contributed by atoms with E-state index in [1.54, 1.807) is 0 Å². The minimum Gasteiger partial charge on any atom is -0.390 e. The summed E-state index contributed by atoms with van der Waals surface area (Å²) in [4.78, 5) is 0. The number of aliphatic hydroxyl groups is 1. The van der Waals surface area contributed by atoms with Gasteiger partial charge in [-0.2, -0.15) is 0 Å². The summed E-state index contributed by atoms with van der Waals surface area (Å²) in [5.41, 5.74) is 5.49. The lowest BCUT2D eigenvalue weighted by molar-refractivity contribution is 0.120. The summed E-state index contributed by atoms with van der Waals surface area (Å²) in [6.45, 7) is 1.60. The molecule has 0 radical (unpaired) electrons. The molecule has 0 aromatic heterocycles. The molecule has 1 fully saturated rings. The molecule has 0 bridgehead atoms. The van der Waals surface area contributed by atoms with Gasteiger partial charge in [-0.15, -0.1) is 0 Å². The van der Waals surface area contributed by atoms with E-state index in [9.17, 15) is 0 Å². The molecule has 0 saturated carbocycles. The second-order valence-corrected chi connectivity index (χ2v) is 2.22. The molecule has 1 unspecified atom stereocenters. The van der Waals surface area contributed by atoms with Gasteiger partial charge in [-0.3, -0.25) is 0 Å². The molecule has 1 aliphatic rings. The fraction of sp³-hybridized carbons (Fsp3) is 1.00. The summed E-state index contributed by atoms with van der Waals surface area (Å²) in [6.07, 6.45) is 0.560. The predicted octanol–water partition coefficient (Wildman–Crippen LogP) is -1.33. The number of hydrogen-bond donors (Lipinski definition) is 3. The number of piperidine rings is 1. The largest absolute Gasteiger partial charge is 0.390 e. The van der Waals surface area contributed by atoms with Gasteiger partial charge in [0.25, 0.3) is 0 Å². The van der Waals surface area contributed by atoms with Crippen molar-refractivity contribution in [2.75, 3.05) is 13.1 Å². The van der Waals surface area contributed by atoms with E-state index in [0.717, 1.165) is 13.0 Å². The minimum atomic E-state index is -0.330. The predicted molar refractivity (Wildman–Crippen MR) is 31.5 cm³/mol. The molecule has 3 nitrogen and oxygen atoms in total. The van der Waals surface area contributed by atoms with Crippen LogP contribution in [0.25, 0.3) is 0 Å². The molecule has 8 heavy (non-hydrogen) atoms. The van der Waals surface area contributed by atoms with Crippen molar-refractivity contribution in [1.82, 2.24) is 5.32 Å². The molecule has 1 heterocycles. The van der Waals surface area contributed by atoms with Gasteiger partial charge in [0.05, 0.1) is 6.10 Å². The molecular weight excluding hydrogens is 104 g/mol. The zero-order valence-corrected chi connectivity index (χ0v) is 4.80. The first-order chi connectivity index (χ1) is 3.80. The summed E-state index contributed by atoms with van der Waals surface area (Å²) < 4.78 is 0. The van der Waals surface area contributed by atoms with E-state index >= 15 is 0 Å². The number of β-amino-alcohol motifs (C(OH)–C–C–N with tert-alkyl or cyclic N) is 1. The Morgan fingerprint density at radius 3 is 2.75 bits per heavy atom. The van der Waals surface area contributed by atoms with Crippen molar-refractivity contribution in [3.05, 3.63) is 0 Å². The Hall–Kier alpha value is -0.120. The number of aliphatic hydroxyl groups excluding tert-OH is 1. The molecule has 3 heteroatoms. The fourth-order valence-corrected chi connectivity index (χ4v) is 0.862. The number of rotatable bonds is 0. The molecule has 0 aromatic carbocycles. The van der Waals surface area contributed by atoms with Crippen LogP contribution in [0.2, 0.25) is 0 Å². The lowest BCUT2D eigenvalue weighted by atomic mass is 10.1. The van der Waals surface area contributed by atoms with Crippen LogP contribution in [0.3, 0.4) is 0 Å². The Kier molecular flexibility index (Phi) is 1.83. The molecule has 4 N–H and O–H groups in total. The third-order valence-corrected chi connectivity index (χ3v) is 1.50. The average molecular weight is 116 g/mol. The van der Waals surface area contributed by atoms with Gasteiger partial charge >= 0.3 is 0 Å². The lowest BCUT2D eigenvalue weighted by Gasteiger charge is -2.24. The summed E-state index contributed by atoms with van der Waals surface area (Å²) in [5.74, 6) is 0. The van der Waals surface area contributed by atoms with Crippen molar-refractivity contribution in [3.8, 4) is 0 Å². The Bertz CT molecular complexity index is 66.8. The van der Waals surface area contributed by atoms with Crippen molar-refractivity contribution in [1.29, 1.82) is 0 Å². The van der Waals surface area contributed by atoms with Gasteiger partial charge in [-0.1, -0.05) is 0 Å². The van der Waals surface area contributed by atoms with Gasteiger partial charge < -0.3 is 16.2 Å². The zero-order valence-electron chi connectivity index (χ0n) is 4.80. The van der Waals surface area contributed by atoms with E-state index in [0.29, 0.717) is 6.54 Å². The van der Waals surface area contributed by atoms with E-state index in [-0.39, 0.29) is 12.1 Å². The van der Waals surface area contributed by atoms with Crippen LogP contribution < -0.4 is 11.1 Å². The van der Waals surface area contributed by atoms with E-state index in [1.165, 1.54) is 0 Å². The van der Waals surface area contributed by atoms with Gasteiger partial charge in [-0.25, -0.2) is 0 Å². The van der Waals surface area contributed by atoms with E-state index in [2.05, 4.69) is 5.32 Å². The third kappa shape index (κ3) is 1.18. The van der Waals surface area contributed by atoms with Crippen LogP contribution in [0.15, 0.2) is 0 Å². The topological polar surface area (TPSA) is 58.3 Å². The first-order valence-electron chi connectivity index (χ1n) is 2.95. The average Bonchev–Trinajstić information content (AvgIpc) is 1.77. The molecular formula is C5H12N2O. The Labute approximate surface area is 48.9 Å². The number of nitrogens with one attached hydrogen (secondary N) is 1. The van der Waals surface area contributed by atoms with Crippen molar-refractivity contribution < 1.29 is 5.11 Å². The lowest BCUT2D eigenvalue weighted by Crippen LogP contribution is -2.48. The molecule has 0 spiro atoms. The maximum atomic E-state index is 8.99. The fourth-order valence-electron chi connectivity index (χ4n) is 0.862. The van der Waals surface area contributed by atoms with Crippen molar-refractivity contribution in [2.45, 2.75) is 18.6 Å². The second-order valence-electron chi connectivity index (χ2n) is 2.22. The van der Waals surface area contributed by atoms with Gasteiger partial charge in [0, 0.05) is 12.6 Å². The number of nitrogens with two attached hydrogens (primary N) is 1. The summed E-state index contributed by atoms with van der Waals surface area (Å²) in [6, 6.07) is -0.00347. The van der Waals surface area contributed by atoms with Crippen LogP contribution in [0.5, 0.6) is 0 Å². The van der Waals surface area contributed by atoms with Crippen molar-refractivity contribution in [3.63, 3.8) is 0 Å². The first-order valence-corrected chi connectivity index (χ1v) is 2.95. The highest BCUT2D eigenvalue weighted by Crippen LogP contribution is 1.98. The quantitative estimate of drug-likeness (QED) is 0.367. The van der Waals surface area contributed by atoms with E-state index in [1.807, 2.05) is 0 Å². The maximum Gasteiger partial charge on any atom is 0.0815 e. The minimum absolute atomic E-state index is 0.00347. The molecule has 1 saturated heterocycles. The van der Waals surface area contributed by atoms with E-state index < -0.39 is 0 Å². The molecule has 1 rings (SSSR count). The summed E-state index contributed by atoms with van der Waals surface area (Å²) in [5, 5.41) is 12.0. The molecule has 0 aliphatic carbocycles. The smallest absolute Gasteiger partial charge is 0.0815 e. The van der Waals surface area contributed by atoms with Crippen molar-refractivity contribution >= 4 is 0 Å². The molecule has 48 valence electrons. The maximum absolute atomic E-state index is 8.99. The Morgan fingerprint density at radius 2 is 2.38 bits per heavy atom. The zero-order chi connectivity index (χ0) is 5.98. The van der Waals surface area contributed by atoms with Crippen molar-refractivity contribution in [2.24, 2.45) is 5.73 Å². The van der Waals surface area contributed by atoms with Crippen LogP contribution in [-0.2, 0) is 0 Å². The Balaban J connectivity index is 2.28. The van der Waals surface area contributed by atoms with E-state index in [4.69, 9.17) is 10.8 Å². The monoisotopic (exact) mass is 116 g/mol. The van der Waals surface area contributed by atoms with Crippen LogP contribution in [0.1, 0.15) is 6.42 Å². The number of hydrogen-bond acceptors (Lipinski definition) is 3. The molecule has 0 amide bonds. The second kappa shape index (κ2) is 2.44. The highest BCUT2D eigenvalue weighted by atomic mass is 16.3. The van der Waals surface area contributed by atoms with Gasteiger partial charge in [0.2, 0.25) is 0 Å². The van der Waals surface area contributed by atoms with Crippen LogP contribution in [0, 0.1) is 0 Å².